The Morgan fingerprint density at radius 2 is 1.22 bits per heavy atom. The summed E-state index contributed by atoms with van der Waals surface area (Å²) < 4.78 is 10.0. The molecule has 0 aromatic rings. The van der Waals surface area contributed by atoms with E-state index < -0.39 is 0 Å². The Bertz CT molecular complexity index is 36.0. The van der Waals surface area contributed by atoms with Crippen molar-refractivity contribution in [1.29, 1.82) is 0 Å². The Balaban J connectivity index is 0. The molecule has 0 unspecified atom stereocenters. The monoisotopic (exact) mass is 125 g/mol. The topological polar surface area (TPSA) is 18.5 Å². The fourth-order valence-electron chi connectivity index (χ4n) is 0.407. The number of rotatable bonds is 5. The molecule has 0 aromatic carbocycles. The zero-order valence-corrected chi connectivity index (χ0v) is 6.64. The molecule has 3 heteroatoms. The normalized spacial score (nSPS) is 8.67. The minimum atomic E-state index is 0. The van der Waals surface area contributed by atoms with E-state index in [4.69, 9.17) is 9.47 Å². The first-order valence-corrected chi connectivity index (χ1v) is 3.07. The van der Waals surface area contributed by atoms with E-state index in [1.807, 2.05) is 13.8 Å². The molecule has 0 spiro atoms. The molecule has 0 N–H and O–H groups in total. The van der Waals surface area contributed by atoms with Crippen LogP contribution >= 0.6 is 0 Å². The van der Waals surface area contributed by atoms with Crippen molar-refractivity contribution in [2.45, 2.75) is 13.8 Å². The maximum Gasteiger partial charge on any atom is 0.0700 e. The van der Waals surface area contributed by atoms with Gasteiger partial charge in [-0.3, -0.25) is 0 Å². The standard InChI is InChI=1S/C6H14O2.Li/c1-3-7-5-6-8-4-2;/h3-6H2,1-2H3;. The van der Waals surface area contributed by atoms with E-state index in [0.717, 1.165) is 26.4 Å². The van der Waals surface area contributed by atoms with Crippen LogP contribution in [0.1, 0.15) is 13.8 Å². The van der Waals surface area contributed by atoms with Gasteiger partial charge in [0.05, 0.1) is 13.2 Å². The largest absolute Gasteiger partial charge is 0.379 e. The van der Waals surface area contributed by atoms with Crippen LogP contribution < -0.4 is 0 Å². The molecule has 2 nitrogen and oxygen atoms in total. The van der Waals surface area contributed by atoms with Gasteiger partial charge in [0, 0.05) is 32.1 Å². The van der Waals surface area contributed by atoms with Crippen LogP contribution in [0.3, 0.4) is 0 Å². The first kappa shape index (κ1) is 12.2. The number of hydrogen-bond acceptors (Lipinski definition) is 2. The molecule has 9 heavy (non-hydrogen) atoms. The van der Waals surface area contributed by atoms with Gasteiger partial charge >= 0.3 is 0 Å². The van der Waals surface area contributed by atoms with Crippen LogP contribution in [0.15, 0.2) is 0 Å². The van der Waals surface area contributed by atoms with E-state index >= 15 is 0 Å². The third-order valence-corrected chi connectivity index (χ3v) is 0.780. The Hall–Kier alpha value is 0.517. The maximum absolute atomic E-state index is 5.01. The maximum atomic E-state index is 5.01. The van der Waals surface area contributed by atoms with Crippen molar-refractivity contribution in [2.75, 3.05) is 26.4 Å². The van der Waals surface area contributed by atoms with Gasteiger partial charge in [-0.25, -0.2) is 0 Å². The van der Waals surface area contributed by atoms with Gasteiger partial charge < -0.3 is 9.47 Å². The van der Waals surface area contributed by atoms with Crippen molar-refractivity contribution in [3.8, 4) is 0 Å². The van der Waals surface area contributed by atoms with Gasteiger partial charge in [0.25, 0.3) is 0 Å². The van der Waals surface area contributed by atoms with Crippen molar-refractivity contribution in [2.24, 2.45) is 0 Å². The van der Waals surface area contributed by atoms with Gasteiger partial charge in [0.15, 0.2) is 0 Å². The second-order valence-electron chi connectivity index (χ2n) is 1.39. The average molecular weight is 125 g/mol. The average Bonchev–Trinajstić information content (AvgIpc) is 1.81. The summed E-state index contributed by atoms with van der Waals surface area (Å²) in [7, 11) is 0. The van der Waals surface area contributed by atoms with Gasteiger partial charge in [-0.2, -0.15) is 0 Å². The molecule has 0 saturated heterocycles. The van der Waals surface area contributed by atoms with Crippen molar-refractivity contribution < 1.29 is 9.47 Å². The Kier molecular flexibility index (Phi) is 15.4. The van der Waals surface area contributed by atoms with E-state index in [0.29, 0.717) is 0 Å². The van der Waals surface area contributed by atoms with E-state index in [9.17, 15) is 0 Å². The van der Waals surface area contributed by atoms with Crippen molar-refractivity contribution >= 4 is 18.9 Å². The van der Waals surface area contributed by atoms with Crippen LogP contribution in [0.4, 0.5) is 0 Å². The third kappa shape index (κ3) is 11.9. The smallest absolute Gasteiger partial charge is 0.0700 e. The Morgan fingerprint density at radius 3 is 1.44 bits per heavy atom. The summed E-state index contributed by atoms with van der Waals surface area (Å²) in [4.78, 5) is 0. The van der Waals surface area contributed by atoms with Gasteiger partial charge in [-0.15, -0.1) is 0 Å². The predicted octanol–water partition coefficient (Wildman–Crippen LogP) is 0.679. The van der Waals surface area contributed by atoms with Crippen LogP contribution in [0, 0.1) is 0 Å². The summed E-state index contributed by atoms with van der Waals surface area (Å²) in [5.74, 6) is 0. The zero-order valence-electron chi connectivity index (χ0n) is 6.64. The van der Waals surface area contributed by atoms with Gasteiger partial charge in [-0.1, -0.05) is 0 Å². The minimum absolute atomic E-state index is 0. The van der Waals surface area contributed by atoms with Crippen molar-refractivity contribution in [1.82, 2.24) is 0 Å². The van der Waals surface area contributed by atoms with Gasteiger partial charge in [0.1, 0.15) is 0 Å². The quantitative estimate of drug-likeness (QED) is 0.397. The van der Waals surface area contributed by atoms with Gasteiger partial charge in [-0.05, 0) is 13.8 Å². The molecule has 0 heterocycles. The molecule has 0 amide bonds. The summed E-state index contributed by atoms with van der Waals surface area (Å²) in [6, 6.07) is 0. The fourth-order valence-corrected chi connectivity index (χ4v) is 0.407. The molecule has 0 aromatic heterocycles. The number of hydrogen-bond donors (Lipinski definition) is 0. The van der Waals surface area contributed by atoms with Crippen LogP contribution in [0.25, 0.3) is 0 Å². The SMILES string of the molecule is CCOCCOCC.[Li]. The first-order valence-electron chi connectivity index (χ1n) is 3.07. The van der Waals surface area contributed by atoms with Crippen LogP contribution in [0.5, 0.6) is 0 Å². The Morgan fingerprint density at radius 1 is 0.889 bits per heavy atom. The molecule has 1 radical (unpaired) electrons. The van der Waals surface area contributed by atoms with E-state index in [1.165, 1.54) is 0 Å². The second-order valence-corrected chi connectivity index (χ2v) is 1.39. The molecule has 0 bridgehead atoms. The summed E-state index contributed by atoms with van der Waals surface area (Å²) in [5, 5.41) is 0. The predicted molar refractivity (Wildman–Crippen MR) is 38.7 cm³/mol. The Labute approximate surface area is 69.1 Å². The van der Waals surface area contributed by atoms with E-state index in [-0.39, 0.29) is 18.9 Å². The van der Waals surface area contributed by atoms with Crippen LogP contribution in [-0.4, -0.2) is 45.3 Å². The van der Waals surface area contributed by atoms with Gasteiger partial charge in [0.2, 0.25) is 0 Å². The third-order valence-electron chi connectivity index (χ3n) is 0.780. The summed E-state index contributed by atoms with van der Waals surface area (Å²) in [6.45, 7) is 6.98. The molecule has 0 saturated carbocycles. The van der Waals surface area contributed by atoms with Crippen LogP contribution in [0.2, 0.25) is 0 Å². The summed E-state index contributed by atoms with van der Waals surface area (Å²) in [6.07, 6.45) is 0. The minimum Gasteiger partial charge on any atom is -0.379 e. The first-order chi connectivity index (χ1) is 3.91. The van der Waals surface area contributed by atoms with Crippen molar-refractivity contribution in [3.63, 3.8) is 0 Å². The molecule has 0 rings (SSSR count). The zero-order chi connectivity index (χ0) is 6.24. The molecular formula is C6H14LiO2. The molecular weight excluding hydrogens is 111 g/mol. The summed E-state index contributed by atoms with van der Waals surface area (Å²) in [5.41, 5.74) is 0. The van der Waals surface area contributed by atoms with E-state index in [1.54, 1.807) is 0 Å². The molecule has 0 atom stereocenters. The van der Waals surface area contributed by atoms with Crippen molar-refractivity contribution in [3.05, 3.63) is 0 Å². The van der Waals surface area contributed by atoms with E-state index in [2.05, 4.69) is 0 Å². The second kappa shape index (κ2) is 11.3. The molecule has 0 aliphatic rings. The molecule has 0 aliphatic heterocycles. The molecule has 0 aliphatic carbocycles. The molecule has 0 fully saturated rings. The summed E-state index contributed by atoms with van der Waals surface area (Å²) >= 11 is 0. The number of ether oxygens (including phenoxy) is 2. The molecule has 51 valence electrons. The fraction of sp³-hybridized carbons (Fsp3) is 1.00. The van der Waals surface area contributed by atoms with Crippen LogP contribution in [-0.2, 0) is 9.47 Å².